The van der Waals surface area contributed by atoms with Gasteiger partial charge in [-0.1, -0.05) is 12.1 Å². The Morgan fingerprint density at radius 2 is 1.74 bits per heavy atom. The quantitative estimate of drug-likeness (QED) is 0.353. The maximum Gasteiger partial charge on any atom is 0.321 e. The number of nitrogens with zero attached hydrogens (tertiary/aromatic N) is 7. The van der Waals surface area contributed by atoms with Crippen molar-refractivity contribution in [1.29, 1.82) is 0 Å². The largest absolute Gasteiger partial charge is 0.481 e. The number of piperidine rings is 1. The number of anilines is 2. The molecule has 5 heterocycles. The summed E-state index contributed by atoms with van der Waals surface area (Å²) in [7, 11) is 3.14. The number of ether oxygens (including phenoxy) is 2. The summed E-state index contributed by atoms with van der Waals surface area (Å²) in [6.07, 6.45) is 1.88. The minimum atomic E-state index is 0.0212. The number of carbonyl (C=O) groups is 1. The van der Waals surface area contributed by atoms with Gasteiger partial charge in [0.1, 0.15) is 17.3 Å². The highest BCUT2D eigenvalue weighted by atomic mass is 32.1. The fourth-order valence-corrected chi connectivity index (χ4v) is 6.82. The first-order valence-electron chi connectivity index (χ1n) is 12.7. The van der Waals surface area contributed by atoms with Crippen LogP contribution in [0.3, 0.4) is 0 Å². The molecule has 0 radical (unpaired) electrons. The molecule has 3 aromatic heterocycles. The van der Waals surface area contributed by atoms with Gasteiger partial charge in [-0.25, -0.2) is 4.98 Å². The van der Waals surface area contributed by atoms with Crippen molar-refractivity contribution in [3.05, 3.63) is 46.4 Å². The van der Waals surface area contributed by atoms with Gasteiger partial charge in [0, 0.05) is 62.0 Å². The molecule has 0 saturated carbocycles. The van der Waals surface area contributed by atoms with Crippen LogP contribution in [0.4, 0.5) is 11.6 Å². The first kappa shape index (κ1) is 24.8. The smallest absolute Gasteiger partial charge is 0.321 e. The summed E-state index contributed by atoms with van der Waals surface area (Å²) in [6.45, 7) is 4.55. The van der Waals surface area contributed by atoms with E-state index in [1.54, 1.807) is 25.6 Å². The first-order chi connectivity index (χ1) is 18.6. The molecular weight excluding hydrogens is 522 g/mol. The van der Waals surface area contributed by atoms with Crippen molar-refractivity contribution in [3.63, 3.8) is 0 Å². The third-order valence-corrected chi connectivity index (χ3v) is 9.02. The molecule has 2 saturated heterocycles. The highest BCUT2D eigenvalue weighted by Gasteiger charge is 2.28. The Morgan fingerprint density at radius 3 is 2.50 bits per heavy atom. The molecule has 1 aromatic carbocycles. The summed E-state index contributed by atoms with van der Waals surface area (Å²) in [5.41, 5.74) is 0.560. The molecule has 0 bridgehead atoms. The third-order valence-electron chi connectivity index (χ3n) is 7.19. The number of piperazine rings is 1. The molecule has 38 heavy (non-hydrogen) atoms. The Bertz CT molecular complexity index is 1400. The molecule has 0 aliphatic carbocycles. The Morgan fingerprint density at radius 1 is 0.947 bits per heavy atom. The van der Waals surface area contributed by atoms with Crippen LogP contribution >= 0.6 is 22.9 Å². The normalized spacial score (nSPS) is 16.7. The van der Waals surface area contributed by atoms with E-state index >= 15 is 0 Å². The van der Waals surface area contributed by atoms with Crippen molar-refractivity contribution in [2.24, 2.45) is 0 Å². The maximum atomic E-state index is 13.3. The van der Waals surface area contributed by atoms with Gasteiger partial charge < -0.3 is 24.2 Å². The van der Waals surface area contributed by atoms with Crippen molar-refractivity contribution in [2.75, 3.05) is 63.3 Å². The number of aromatic nitrogens is 4. The summed E-state index contributed by atoms with van der Waals surface area (Å²) < 4.78 is 16.4. The van der Waals surface area contributed by atoms with Crippen molar-refractivity contribution in [2.45, 2.75) is 18.8 Å². The molecule has 12 heteroatoms. The average Bonchev–Trinajstić information content (AvgIpc) is 3.65. The van der Waals surface area contributed by atoms with E-state index in [4.69, 9.17) is 14.5 Å². The zero-order chi connectivity index (χ0) is 26.1. The molecule has 10 nitrogen and oxygen atoms in total. The Balaban J connectivity index is 1.05. The lowest BCUT2D eigenvalue weighted by Crippen LogP contribution is -2.49. The molecule has 198 valence electrons. The topological polar surface area (TPSA) is 96.8 Å². The van der Waals surface area contributed by atoms with Crippen molar-refractivity contribution in [3.8, 4) is 11.9 Å². The summed E-state index contributed by atoms with van der Waals surface area (Å²) in [5.74, 6) is 2.66. The van der Waals surface area contributed by atoms with Gasteiger partial charge in [0.25, 0.3) is 5.91 Å². The van der Waals surface area contributed by atoms with Crippen LogP contribution in [0.25, 0.3) is 10.1 Å². The van der Waals surface area contributed by atoms with E-state index in [0.29, 0.717) is 36.6 Å². The Labute approximate surface area is 229 Å². The third kappa shape index (κ3) is 4.85. The van der Waals surface area contributed by atoms with Crippen LogP contribution in [-0.4, -0.2) is 83.6 Å². The number of fused-ring (bicyclic) bond motifs is 1. The second-order valence-corrected chi connectivity index (χ2v) is 11.1. The summed E-state index contributed by atoms with van der Waals surface area (Å²) in [6, 6.07) is 10.4. The van der Waals surface area contributed by atoms with E-state index in [2.05, 4.69) is 36.3 Å². The summed E-state index contributed by atoms with van der Waals surface area (Å²) in [4.78, 5) is 33.1. The van der Waals surface area contributed by atoms with Gasteiger partial charge in [-0.2, -0.15) is 14.3 Å². The lowest BCUT2D eigenvalue weighted by molar-refractivity contribution is 0.0741. The lowest BCUT2D eigenvalue weighted by Gasteiger charge is -2.34. The second-order valence-electron chi connectivity index (χ2n) is 9.37. The van der Waals surface area contributed by atoms with E-state index < -0.39 is 0 Å². The number of carbonyl (C=O) groups excluding carboxylic acids is 1. The molecule has 2 aliphatic heterocycles. The summed E-state index contributed by atoms with van der Waals surface area (Å²) >= 11 is 3.12. The monoisotopic (exact) mass is 551 g/mol. The molecule has 0 N–H and O–H groups in total. The fourth-order valence-electron chi connectivity index (χ4n) is 5.06. The molecule has 0 atom stereocenters. The summed E-state index contributed by atoms with van der Waals surface area (Å²) in [5, 5.41) is 4.15. The molecule has 0 spiro atoms. The molecule has 0 unspecified atom stereocenters. The highest BCUT2D eigenvalue weighted by Crippen LogP contribution is 2.34. The van der Waals surface area contributed by atoms with Gasteiger partial charge in [-0.3, -0.25) is 4.79 Å². The number of rotatable bonds is 6. The van der Waals surface area contributed by atoms with Crippen LogP contribution in [0.2, 0.25) is 0 Å². The van der Waals surface area contributed by atoms with Gasteiger partial charge in [-0.05, 0) is 36.5 Å². The van der Waals surface area contributed by atoms with Crippen molar-refractivity contribution >= 4 is 50.5 Å². The van der Waals surface area contributed by atoms with Crippen LogP contribution in [0.1, 0.15) is 34.3 Å². The molecule has 4 aromatic rings. The SMILES string of the molecule is COc1cc(N2CCC(c3nc(C(=O)N4CCN(c5nsc6ccccc56)CC4)cs3)CC2)nc(OC)n1. The first-order valence-corrected chi connectivity index (χ1v) is 14.3. The molecule has 6 rings (SSSR count). The number of methoxy groups -OCH3 is 2. The fraction of sp³-hybridized carbons (Fsp3) is 0.423. The second kappa shape index (κ2) is 10.7. The van der Waals surface area contributed by atoms with E-state index in [1.165, 1.54) is 21.6 Å². The van der Waals surface area contributed by atoms with Crippen molar-refractivity contribution < 1.29 is 14.3 Å². The van der Waals surface area contributed by atoms with Crippen molar-refractivity contribution in [1.82, 2.24) is 24.2 Å². The predicted molar refractivity (Wildman–Crippen MR) is 149 cm³/mol. The minimum Gasteiger partial charge on any atom is -0.481 e. The van der Waals surface area contributed by atoms with Gasteiger partial charge >= 0.3 is 6.01 Å². The molecule has 1 amide bonds. The van der Waals surface area contributed by atoms with E-state index in [0.717, 1.165) is 55.7 Å². The number of amides is 1. The molecule has 2 fully saturated rings. The highest BCUT2D eigenvalue weighted by molar-refractivity contribution is 7.13. The lowest BCUT2D eigenvalue weighted by atomic mass is 9.97. The van der Waals surface area contributed by atoms with Gasteiger partial charge in [0.2, 0.25) is 5.88 Å². The van der Waals surface area contributed by atoms with Crippen LogP contribution in [0.5, 0.6) is 11.9 Å². The van der Waals surface area contributed by atoms with Crippen LogP contribution < -0.4 is 19.3 Å². The van der Waals surface area contributed by atoms with Gasteiger partial charge in [0.05, 0.1) is 23.9 Å². The maximum absolute atomic E-state index is 13.3. The minimum absolute atomic E-state index is 0.0212. The van der Waals surface area contributed by atoms with E-state index in [-0.39, 0.29) is 5.91 Å². The Hall–Kier alpha value is -3.51. The number of hydrogen-bond donors (Lipinski definition) is 0. The Kier molecular flexibility index (Phi) is 6.98. The van der Waals surface area contributed by atoms with E-state index in [1.807, 2.05) is 28.5 Å². The average molecular weight is 552 g/mol. The number of hydrogen-bond acceptors (Lipinski definition) is 11. The standard InChI is InChI=1S/C26H29N7O3S2/c1-35-22-15-21(28-26(29-22)36-2)31-9-7-17(8-10-31)24-27-19(16-37-24)25(34)33-13-11-32(12-14-33)23-18-5-3-4-6-20(18)38-30-23/h3-6,15-17H,7-14H2,1-2H3. The predicted octanol–water partition coefficient (Wildman–Crippen LogP) is 3.91. The van der Waals surface area contributed by atoms with Crippen LogP contribution in [0.15, 0.2) is 35.7 Å². The van der Waals surface area contributed by atoms with Gasteiger partial charge in [-0.15, -0.1) is 11.3 Å². The number of benzene rings is 1. The zero-order valence-corrected chi connectivity index (χ0v) is 23.0. The van der Waals surface area contributed by atoms with Crippen LogP contribution in [0, 0.1) is 0 Å². The van der Waals surface area contributed by atoms with Gasteiger partial charge in [0.15, 0.2) is 0 Å². The number of thiazole rings is 1. The van der Waals surface area contributed by atoms with E-state index in [9.17, 15) is 4.79 Å². The molecular formula is C26H29N7O3S2. The van der Waals surface area contributed by atoms with Crippen LogP contribution in [-0.2, 0) is 0 Å². The molecule has 2 aliphatic rings. The zero-order valence-electron chi connectivity index (χ0n) is 21.4.